The van der Waals surface area contributed by atoms with Crippen LogP contribution in [0, 0.1) is 6.92 Å². The molecule has 0 fully saturated rings. The number of rotatable bonds is 3. The van der Waals surface area contributed by atoms with Crippen LogP contribution in [0.4, 0.5) is 5.69 Å². The third-order valence-electron chi connectivity index (χ3n) is 3.71. The van der Waals surface area contributed by atoms with Gasteiger partial charge in [-0.15, -0.1) is 0 Å². The molecule has 0 aliphatic carbocycles. The quantitative estimate of drug-likeness (QED) is 0.701. The maximum atomic E-state index is 11.5. The van der Waals surface area contributed by atoms with Crippen molar-refractivity contribution in [2.24, 2.45) is 0 Å². The van der Waals surface area contributed by atoms with Gasteiger partial charge in [0.15, 0.2) is 0 Å². The molecule has 0 aliphatic rings. The zero-order valence-corrected chi connectivity index (χ0v) is 14.1. The van der Waals surface area contributed by atoms with Crippen LogP contribution < -0.4 is 5.32 Å². The molecule has 22 heavy (non-hydrogen) atoms. The normalized spacial score (nSPS) is 10.9. The zero-order valence-electron chi connectivity index (χ0n) is 12.6. The summed E-state index contributed by atoms with van der Waals surface area (Å²) < 4.78 is 3.15. The van der Waals surface area contributed by atoms with E-state index in [0.717, 1.165) is 32.4 Å². The van der Waals surface area contributed by atoms with Gasteiger partial charge in [-0.25, -0.2) is 0 Å². The van der Waals surface area contributed by atoms with Crippen LogP contribution in [0.5, 0.6) is 0 Å². The molecule has 0 radical (unpaired) electrons. The first kappa shape index (κ1) is 14.9. The molecule has 1 N–H and O–H groups in total. The Morgan fingerprint density at radius 1 is 1.14 bits per heavy atom. The Kier molecular flexibility index (Phi) is 4.03. The van der Waals surface area contributed by atoms with Crippen LogP contribution in [0.3, 0.4) is 0 Å². The summed E-state index contributed by atoms with van der Waals surface area (Å²) in [5.74, 6) is 0.0373. The SMILES string of the molecule is CCC(=O)Nc1ccc(-c2cc3ccc(Br)cn3c2)cc1C. The van der Waals surface area contributed by atoms with E-state index >= 15 is 0 Å². The van der Waals surface area contributed by atoms with Gasteiger partial charge in [-0.3, -0.25) is 4.79 Å². The minimum absolute atomic E-state index is 0.0373. The zero-order chi connectivity index (χ0) is 15.7. The summed E-state index contributed by atoms with van der Waals surface area (Å²) in [4.78, 5) is 11.5. The summed E-state index contributed by atoms with van der Waals surface area (Å²) in [5, 5.41) is 2.92. The molecule has 0 atom stereocenters. The summed E-state index contributed by atoms with van der Waals surface area (Å²) in [7, 11) is 0. The lowest BCUT2D eigenvalue weighted by atomic mass is 10.0. The summed E-state index contributed by atoms with van der Waals surface area (Å²) in [6.07, 6.45) is 4.64. The number of benzene rings is 1. The fraction of sp³-hybridized carbons (Fsp3) is 0.167. The number of anilines is 1. The number of aryl methyl sites for hydroxylation is 1. The van der Waals surface area contributed by atoms with Crippen molar-refractivity contribution in [1.29, 1.82) is 0 Å². The third kappa shape index (κ3) is 2.92. The van der Waals surface area contributed by atoms with Crippen LogP contribution in [0.15, 0.2) is 53.3 Å². The topological polar surface area (TPSA) is 33.5 Å². The van der Waals surface area contributed by atoms with Crippen LogP contribution in [-0.2, 0) is 4.79 Å². The first-order valence-electron chi connectivity index (χ1n) is 7.25. The Balaban J connectivity index is 1.96. The van der Waals surface area contributed by atoms with E-state index in [2.05, 4.69) is 50.0 Å². The highest BCUT2D eigenvalue weighted by Gasteiger charge is 2.07. The van der Waals surface area contributed by atoms with Gasteiger partial charge in [0, 0.05) is 40.1 Å². The molecule has 0 bridgehead atoms. The predicted molar refractivity (Wildman–Crippen MR) is 94.2 cm³/mol. The Morgan fingerprint density at radius 2 is 1.95 bits per heavy atom. The maximum Gasteiger partial charge on any atom is 0.224 e. The number of carbonyl (C=O) groups is 1. The van der Waals surface area contributed by atoms with Gasteiger partial charge in [0.2, 0.25) is 5.91 Å². The Morgan fingerprint density at radius 3 is 2.68 bits per heavy atom. The molecule has 2 aromatic heterocycles. The van der Waals surface area contributed by atoms with E-state index in [1.807, 2.05) is 38.2 Å². The number of carbonyl (C=O) groups excluding carboxylic acids is 1. The second kappa shape index (κ2) is 5.97. The smallest absolute Gasteiger partial charge is 0.224 e. The standard InChI is InChI=1S/C18H17BrN2O/c1-3-18(22)20-17-7-4-13(8-12(17)2)14-9-16-6-5-15(19)11-21(16)10-14/h4-11H,3H2,1-2H3,(H,20,22). The molecule has 3 aromatic rings. The van der Waals surface area contributed by atoms with E-state index in [-0.39, 0.29) is 5.91 Å². The number of halogens is 1. The van der Waals surface area contributed by atoms with E-state index in [0.29, 0.717) is 6.42 Å². The van der Waals surface area contributed by atoms with Gasteiger partial charge >= 0.3 is 0 Å². The highest BCUT2D eigenvalue weighted by molar-refractivity contribution is 9.10. The van der Waals surface area contributed by atoms with Gasteiger partial charge in [0.05, 0.1) is 0 Å². The lowest BCUT2D eigenvalue weighted by Crippen LogP contribution is -2.10. The van der Waals surface area contributed by atoms with Crippen LogP contribution >= 0.6 is 15.9 Å². The summed E-state index contributed by atoms with van der Waals surface area (Å²) in [5.41, 5.74) is 5.40. The lowest BCUT2D eigenvalue weighted by Gasteiger charge is -2.09. The molecule has 0 saturated carbocycles. The summed E-state index contributed by atoms with van der Waals surface area (Å²) in [6.45, 7) is 3.87. The molecule has 1 amide bonds. The van der Waals surface area contributed by atoms with Gasteiger partial charge in [-0.05, 0) is 64.3 Å². The van der Waals surface area contributed by atoms with Crippen molar-refractivity contribution in [3.05, 3.63) is 58.8 Å². The van der Waals surface area contributed by atoms with Crippen molar-refractivity contribution in [2.75, 3.05) is 5.32 Å². The fourth-order valence-corrected chi connectivity index (χ4v) is 2.82. The van der Waals surface area contributed by atoms with E-state index in [1.165, 1.54) is 0 Å². The molecule has 0 spiro atoms. The number of aromatic nitrogens is 1. The Hall–Kier alpha value is -2.07. The number of hydrogen-bond acceptors (Lipinski definition) is 1. The minimum Gasteiger partial charge on any atom is -0.326 e. The molecule has 3 rings (SSSR count). The average Bonchev–Trinajstić information content (AvgIpc) is 2.92. The van der Waals surface area contributed by atoms with Crippen molar-refractivity contribution >= 4 is 33.0 Å². The molecular weight excluding hydrogens is 340 g/mol. The van der Waals surface area contributed by atoms with Crippen molar-refractivity contribution in [2.45, 2.75) is 20.3 Å². The maximum absolute atomic E-state index is 11.5. The van der Waals surface area contributed by atoms with Crippen molar-refractivity contribution in [1.82, 2.24) is 4.40 Å². The fourth-order valence-electron chi connectivity index (χ4n) is 2.46. The number of amides is 1. The molecule has 3 nitrogen and oxygen atoms in total. The Labute approximate surface area is 138 Å². The molecule has 112 valence electrons. The third-order valence-corrected chi connectivity index (χ3v) is 4.18. The number of hydrogen-bond donors (Lipinski definition) is 1. The number of nitrogens with one attached hydrogen (secondary N) is 1. The molecule has 4 heteroatoms. The van der Waals surface area contributed by atoms with E-state index < -0.39 is 0 Å². The summed E-state index contributed by atoms with van der Waals surface area (Å²) in [6, 6.07) is 12.4. The lowest BCUT2D eigenvalue weighted by molar-refractivity contribution is -0.115. The second-order valence-corrected chi connectivity index (χ2v) is 6.26. The second-order valence-electron chi connectivity index (χ2n) is 5.34. The molecule has 0 saturated heterocycles. The van der Waals surface area contributed by atoms with Crippen LogP contribution in [0.2, 0.25) is 0 Å². The number of pyridine rings is 1. The number of fused-ring (bicyclic) bond motifs is 1. The average molecular weight is 357 g/mol. The minimum atomic E-state index is 0.0373. The first-order chi connectivity index (χ1) is 10.6. The van der Waals surface area contributed by atoms with E-state index in [1.54, 1.807) is 0 Å². The Bertz CT molecular complexity index is 851. The molecule has 2 heterocycles. The summed E-state index contributed by atoms with van der Waals surface area (Å²) >= 11 is 3.49. The molecule has 1 aromatic carbocycles. The monoisotopic (exact) mass is 356 g/mol. The van der Waals surface area contributed by atoms with Gasteiger partial charge < -0.3 is 9.72 Å². The highest BCUT2D eigenvalue weighted by atomic mass is 79.9. The van der Waals surface area contributed by atoms with Gasteiger partial charge in [0.1, 0.15) is 0 Å². The van der Waals surface area contributed by atoms with Crippen molar-refractivity contribution in [3.8, 4) is 11.1 Å². The van der Waals surface area contributed by atoms with E-state index in [9.17, 15) is 4.79 Å². The molecule has 0 unspecified atom stereocenters. The van der Waals surface area contributed by atoms with Gasteiger partial charge in [-0.2, -0.15) is 0 Å². The number of nitrogens with zero attached hydrogens (tertiary/aromatic N) is 1. The van der Waals surface area contributed by atoms with Gasteiger partial charge in [0.25, 0.3) is 0 Å². The largest absolute Gasteiger partial charge is 0.326 e. The van der Waals surface area contributed by atoms with Crippen molar-refractivity contribution in [3.63, 3.8) is 0 Å². The van der Waals surface area contributed by atoms with Crippen LogP contribution in [0.25, 0.3) is 16.6 Å². The van der Waals surface area contributed by atoms with E-state index in [4.69, 9.17) is 0 Å². The first-order valence-corrected chi connectivity index (χ1v) is 8.04. The van der Waals surface area contributed by atoms with Gasteiger partial charge in [-0.1, -0.05) is 13.0 Å². The molecular formula is C18H17BrN2O. The highest BCUT2D eigenvalue weighted by Crippen LogP contribution is 2.27. The van der Waals surface area contributed by atoms with Crippen LogP contribution in [0.1, 0.15) is 18.9 Å². The van der Waals surface area contributed by atoms with Crippen molar-refractivity contribution < 1.29 is 4.79 Å². The molecule has 0 aliphatic heterocycles. The predicted octanol–water partition coefficient (Wildman–Crippen LogP) is 5.03. The van der Waals surface area contributed by atoms with Crippen LogP contribution in [-0.4, -0.2) is 10.3 Å².